The van der Waals surface area contributed by atoms with E-state index in [2.05, 4.69) is 10.2 Å². The van der Waals surface area contributed by atoms with E-state index in [0.717, 1.165) is 31.6 Å². The highest BCUT2D eigenvalue weighted by Gasteiger charge is 2.19. The summed E-state index contributed by atoms with van der Waals surface area (Å²) in [4.78, 5) is 16.6. The monoisotopic (exact) mass is 346 g/mol. The van der Waals surface area contributed by atoms with Crippen LogP contribution < -0.4 is 10.2 Å². The van der Waals surface area contributed by atoms with Gasteiger partial charge in [0, 0.05) is 29.3 Å². The molecule has 0 saturated carbocycles. The highest BCUT2D eigenvalue weighted by atomic mass is 32.1. The molecule has 2 aliphatic rings. The van der Waals surface area contributed by atoms with Gasteiger partial charge in [-0.1, -0.05) is 0 Å². The number of benzene rings is 1. The minimum absolute atomic E-state index is 0.159. The van der Waals surface area contributed by atoms with E-state index in [1.54, 1.807) is 11.3 Å². The van der Waals surface area contributed by atoms with Crippen molar-refractivity contribution < 1.29 is 13.9 Å². The number of carbonyl (C=O) groups excluding carboxylic acids is 1. The van der Waals surface area contributed by atoms with Crippen LogP contribution in [0.1, 0.15) is 26.5 Å². The van der Waals surface area contributed by atoms with Gasteiger partial charge >= 0.3 is 0 Å². The summed E-state index contributed by atoms with van der Waals surface area (Å²) in [6.07, 6.45) is 3.30. The number of aryl methyl sites for hydroxylation is 2. The standard InChI is InChI=1S/C18H19FN2O2S/c19-13-9-14(11-15(10-13)21-4-6-23-7-5-21)20-18(22)17-8-12-2-1-3-16(12)24-17/h8-11H,1-7H2,(H,20,22). The van der Waals surface area contributed by atoms with Gasteiger partial charge in [0.1, 0.15) is 5.82 Å². The molecule has 126 valence electrons. The van der Waals surface area contributed by atoms with Crippen LogP contribution in [0.2, 0.25) is 0 Å². The van der Waals surface area contributed by atoms with E-state index in [1.165, 1.54) is 29.0 Å². The van der Waals surface area contributed by atoms with Crippen molar-refractivity contribution in [2.45, 2.75) is 19.3 Å². The van der Waals surface area contributed by atoms with Crippen molar-refractivity contribution in [3.63, 3.8) is 0 Å². The van der Waals surface area contributed by atoms with Crippen LogP contribution in [0.3, 0.4) is 0 Å². The van der Waals surface area contributed by atoms with Crippen molar-refractivity contribution in [1.29, 1.82) is 0 Å². The largest absolute Gasteiger partial charge is 0.378 e. The molecule has 1 saturated heterocycles. The number of carbonyl (C=O) groups is 1. The first kappa shape index (κ1) is 15.6. The molecule has 4 nitrogen and oxygen atoms in total. The Labute approximate surface area is 144 Å². The number of anilines is 2. The zero-order valence-corrected chi connectivity index (χ0v) is 14.1. The number of nitrogens with zero attached hydrogens (tertiary/aromatic N) is 1. The second kappa shape index (κ2) is 6.53. The van der Waals surface area contributed by atoms with Gasteiger partial charge in [-0.25, -0.2) is 4.39 Å². The first-order valence-electron chi connectivity index (χ1n) is 8.25. The van der Waals surface area contributed by atoms with Crippen molar-refractivity contribution >= 4 is 28.6 Å². The molecule has 2 heterocycles. The summed E-state index contributed by atoms with van der Waals surface area (Å²) in [6, 6.07) is 6.67. The summed E-state index contributed by atoms with van der Waals surface area (Å²) in [5.74, 6) is -0.504. The summed E-state index contributed by atoms with van der Waals surface area (Å²) in [7, 11) is 0. The lowest BCUT2D eigenvalue weighted by Crippen LogP contribution is -2.36. The lowest BCUT2D eigenvalue weighted by Gasteiger charge is -2.29. The van der Waals surface area contributed by atoms with E-state index in [9.17, 15) is 9.18 Å². The molecule has 1 aromatic heterocycles. The molecule has 1 fully saturated rings. The molecule has 1 amide bonds. The maximum absolute atomic E-state index is 14.0. The van der Waals surface area contributed by atoms with E-state index in [1.807, 2.05) is 12.1 Å². The number of thiophene rings is 1. The van der Waals surface area contributed by atoms with Gasteiger partial charge < -0.3 is 15.0 Å². The quantitative estimate of drug-likeness (QED) is 0.925. The number of morpholine rings is 1. The van der Waals surface area contributed by atoms with Crippen molar-refractivity contribution in [3.8, 4) is 0 Å². The molecule has 0 radical (unpaired) electrons. The number of ether oxygens (including phenoxy) is 1. The Kier molecular flexibility index (Phi) is 4.24. The molecule has 1 aromatic carbocycles. The first-order valence-corrected chi connectivity index (χ1v) is 9.07. The molecule has 2 aromatic rings. The summed E-state index contributed by atoms with van der Waals surface area (Å²) >= 11 is 1.55. The second-order valence-corrected chi connectivity index (χ2v) is 7.30. The number of halogens is 1. The SMILES string of the molecule is O=C(Nc1cc(F)cc(N2CCOCC2)c1)c1cc2c(s1)CCC2. The Balaban J connectivity index is 1.52. The highest BCUT2D eigenvalue weighted by Crippen LogP contribution is 2.31. The number of fused-ring (bicyclic) bond motifs is 1. The Morgan fingerprint density at radius 2 is 2.00 bits per heavy atom. The topological polar surface area (TPSA) is 41.6 Å². The van der Waals surface area contributed by atoms with Crippen molar-refractivity contribution in [2.24, 2.45) is 0 Å². The van der Waals surface area contributed by atoms with Crippen molar-refractivity contribution in [1.82, 2.24) is 0 Å². The van der Waals surface area contributed by atoms with Crippen LogP contribution >= 0.6 is 11.3 Å². The number of hydrogen-bond acceptors (Lipinski definition) is 4. The van der Waals surface area contributed by atoms with Crippen LogP contribution in [0.4, 0.5) is 15.8 Å². The smallest absolute Gasteiger partial charge is 0.265 e. The van der Waals surface area contributed by atoms with Gasteiger partial charge in [-0.2, -0.15) is 0 Å². The molecule has 0 unspecified atom stereocenters. The van der Waals surface area contributed by atoms with Crippen LogP contribution in [-0.4, -0.2) is 32.2 Å². The van der Waals surface area contributed by atoms with E-state index in [0.29, 0.717) is 23.8 Å². The maximum atomic E-state index is 14.0. The van der Waals surface area contributed by atoms with E-state index < -0.39 is 0 Å². The lowest BCUT2D eigenvalue weighted by atomic mass is 10.2. The molecule has 1 N–H and O–H groups in total. The molecule has 0 spiro atoms. The third kappa shape index (κ3) is 3.16. The molecule has 24 heavy (non-hydrogen) atoms. The van der Waals surface area contributed by atoms with Gasteiger partial charge in [0.15, 0.2) is 0 Å². The number of amides is 1. The van der Waals surface area contributed by atoms with Crippen LogP contribution in [0.5, 0.6) is 0 Å². The number of nitrogens with one attached hydrogen (secondary N) is 1. The van der Waals surface area contributed by atoms with Crippen LogP contribution in [0, 0.1) is 5.82 Å². The Hall–Kier alpha value is -1.92. The van der Waals surface area contributed by atoms with E-state index in [4.69, 9.17) is 4.74 Å². The molecular weight excluding hydrogens is 327 g/mol. The van der Waals surface area contributed by atoms with Gasteiger partial charge in [0.2, 0.25) is 0 Å². The maximum Gasteiger partial charge on any atom is 0.265 e. The minimum Gasteiger partial charge on any atom is -0.378 e. The zero-order chi connectivity index (χ0) is 16.5. The predicted octanol–water partition coefficient (Wildman–Crippen LogP) is 3.46. The predicted molar refractivity (Wildman–Crippen MR) is 93.7 cm³/mol. The number of rotatable bonds is 3. The highest BCUT2D eigenvalue weighted by molar-refractivity contribution is 7.14. The minimum atomic E-state index is -0.344. The van der Waals surface area contributed by atoms with E-state index >= 15 is 0 Å². The average molecular weight is 346 g/mol. The van der Waals surface area contributed by atoms with Gasteiger partial charge in [0.05, 0.1) is 18.1 Å². The van der Waals surface area contributed by atoms with Crippen molar-refractivity contribution in [3.05, 3.63) is 45.4 Å². The lowest BCUT2D eigenvalue weighted by molar-refractivity contribution is 0.103. The molecular formula is C18H19FN2O2S. The van der Waals surface area contributed by atoms with Crippen LogP contribution in [-0.2, 0) is 17.6 Å². The van der Waals surface area contributed by atoms with Gasteiger partial charge in [0.25, 0.3) is 5.91 Å². The Morgan fingerprint density at radius 1 is 1.17 bits per heavy atom. The van der Waals surface area contributed by atoms with Gasteiger partial charge in [-0.3, -0.25) is 4.79 Å². The van der Waals surface area contributed by atoms with Gasteiger partial charge in [-0.15, -0.1) is 11.3 Å². The second-order valence-electron chi connectivity index (χ2n) is 6.16. The van der Waals surface area contributed by atoms with E-state index in [-0.39, 0.29) is 11.7 Å². The van der Waals surface area contributed by atoms with Gasteiger partial charge in [-0.05, 0) is 49.1 Å². The normalized spacial score (nSPS) is 17.0. The van der Waals surface area contributed by atoms with Crippen LogP contribution in [0.15, 0.2) is 24.3 Å². The summed E-state index contributed by atoms with van der Waals surface area (Å²) in [6.45, 7) is 2.74. The third-order valence-electron chi connectivity index (χ3n) is 4.49. The fourth-order valence-electron chi connectivity index (χ4n) is 3.28. The Bertz CT molecular complexity index is 747. The fraction of sp³-hybridized carbons (Fsp3) is 0.389. The summed E-state index contributed by atoms with van der Waals surface area (Å²) in [5, 5.41) is 2.84. The molecule has 1 aliphatic heterocycles. The molecule has 6 heteroatoms. The van der Waals surface area contributed by atoms with Crippen LogP contribution in [0.25, 0.3) is 0 Å². The Morgan fingerprint density at radius 3 is 2.79 bits per heavy atom. The molecule has 4 rings (SSSR count). The summed E-state index contributed by atoms with van der Waals surface area (Å²) < 4.78 is 19.3. The fourth-order valence-corrected chi connectivity index (χ4v) is 4.43. The number of hydrogen-bond donors (Lipinski definition) is 1. The molecule has 1 aliphatic carbocycles. The molecule has 0 bridgehead atoms. The molecule has 0 atom stereocenters. The third-order valence-corrected chi connectivity index (χ3v) is 5.72. The first-order chi connectivity index (χ1) is 11.7. The van der Waals surface area contributed by atoms with Crippen molar-refractivity contribution in [2.75, 3.05) is 36.5 Å². The zero-order valence-electron chi connectivity index (χ0n) is 13.3. The average Bonchev–Trinajstić information content (AvgIpc) is 3.17. The summed E-state index contributed by atoms with van der Waals surface area (Å²) in [5.41, 5.74) is 2.57.